The number of aryl methyl sites for hydroxylation is 1. The lowest BCUT2D eigenvalue weighted by molar-refractivity contribution is 0.203. The number of unbranched alkanes of at least 4 members (excludes halogenated alkanes) is 1. The molecule has 3 aromatic rings. The first-order chi connectivity index (χ1) is 15.9. The van der Waals surface area contributed by atoms with E-state index >= 15 is 0 Å². The molecule has 0 saturated carbocycles. The van der Waals surface area contributed by atoms with E-state index in [1.54, 1.807) is 12.3 Å². The van der Waals surface area contributed by atoms with Crippen molar-refractivity contribution in [2.75, 3.05) is 6.61 Å². The molecule has 33 heavy (non-hydrogen) atoms. The summed E-state index contributed by atoms with van der Waals surface area (Å²) >= 11 is 7.05. The van der Waals surface area contributed by atoms with Gasteiger partial charge in [-0.3, -0.25) is 4.79 Å². The van der Waals surface area contributed by atoms with E-state index in [1.807, 2.05) is 38.1 Å². The van der Waals surface area contributed by atoms with E-state index in [4.69, 9.17) is 14.5 Å². The Morgan fingerprint density at radius 1 is 1.15 bits per heavy atom. The first-order valence-electron chi connectivity index (χ1n) is 11.3. The van der Waals surface area contributed by atoms with Gasteiger partial charge in [0.05, 0.1) is 29.8 Å². The molecule has 1 aromatic heterocycles. The predicted octanol–water partition coefficient (Wildman–Crippen LogP) is 6.72. The van der Waals surface area contributed by atoms with Crippen LogP contribution in [0.1, 0.15) is 58.3 Å². The average molecular weight is 579 g/mol. The van der Waals surface area contributed by atoms with Crippen molar-refractivity contribution in [1.29, 1.82) is 0 Å². The van der Waals surface area contributed by atoms with Gasteiger partial charge in [-0.05, 0) is 73.0 Å². The number of rotatable bonds is 10. The fraction of sp³-hybridized carbons (Fsp3) is 0.400. The molecule has 0 unspecified atom stereocenters. The molecular formula is C25H29Br2N3O3. The van der Waals surface area contributed by atoms with E-state index in [2.05, 4.69) is 50.8 Å². The molecule has 0 N–H and O–H groups in total. The highest BCUT2D eigenvalue weighted by Gasteiger charge is 2.14. The van der Waals surface area contributed by atoms with Crippen molar-refractivity contribution >= 4 is 49.0 Å². The number of hydrogen-bond donors (Lipinski definition) is 0. The van der Waals surface area contributed by atoms with Crippen LogP contribution in [0.3, 0.4) is 0 Å². The van der Waals surface area contributed by atoms with E-state index < -0.39 is 0 Å². The summed E-state index contributed by atoms with van der Waals surface area (Å²) in [7, 11) is 0. The second kappa shape index (κ2) is 11.8. The largest absolute Gasteiger partial charge is 0.490 e. The lowest BCUT2D eigenvalue weighted by Gasteiger charge is -2.17. The molecule has 0 amide bonds. The molecule has 1 atom stereocenters. The van der Waals surface area contributed by atoms with Crippen molar-refractivity contribution < 1.29 is 9.47 Å². The molecule has 0 radical (unpaired) electrons. The monoisotopic (exact) mass is 577 g/mol. The van der Waals surface area contributed by atoms with E-state index in [1.165, 1.54) is 4.68 Å². The van der Waals surface area contributed by atoms with Crippen LogP contribution in [0.2, 0.25) is 0 Å². The summed E-state index contributed by atoms with van der Waals surface area (Å²) in [6, 6.07) is 9.28. The Kier molecular flexibility index (Phi) is 9.09. The zero-order valence-electron chi connectivity index (χ0n) is 19.4. The smallest absolute Gasteiger partial charge is 0.282 e. The second-order valence-electron chi connectivity index (χ2n) is 7.74. The maximum Gasteiger partial charge on any atom is 0.282 e. The van der Waals surface area contributed by atoms with Gasteiger partial charge in [0, 0.05) is 20.9 Å². The summed E-state index contributed by atoms with van der Waals surface area (Å²) in [5, 5.41) is 5.07. The van der Waals surface area contributed by atoms with E-state index in [0.29, 0.717) is 41.3 Å². The molecule has 0 aliphatic carbocycles. The number of hydrogen-bond acceptors (Lipinski definition) is 5. The molecule has 1 heterocycles. The van der Waals surface area contributed by atoms with Crippen LogP contribution in [0.4, 0.5) is 0 Å². The molecule has 0 spiro atoms. The highest BCUT2D eigenvalue weighted by molar-refractivity contribution is 9.10. The van der Waals surface area contributed by atoms with Crippen LogP contribution in [0, 0.1) is 0 Å². The lowest BCUT2D eigenvalue weighted by Crippen LogP contribution is -2.22. The van der Waals surface area contributed by atoms with Gasteiger partial charge in [-0.2, -0.15) is 9.78 Å². The summed E-state index contributed by atoms with van der Waals surface area (Å²) in [5.41, 5.74) is 1.26. The van der Waals surface area contributed by atoms with Crippen LogP contribution in [-0.2, 0) is 6.42 Å². The molecule has 3 rings (SSSR count). The molecule has 6 nitrogen and oxygen atoms in total. The Morgan fingerprint density at radius 3 is 2.64 bits per heavy atom. The molecule has 0 saturated heterocycles. The summed E-state index contributed by atoms with van der Waals surface area (Å²) in [5.74, 6) is 1.96. The molecular weight excluding hydrogens is 550 g/mol. The lowest BCUT2D eigenvalue weighted by atomic mass is 10.2. The Bertz CT molecular complexity index is 1210. The fourth-order valence-corrected chi connectivity index (χ4v) is 4.03. The van der Waals surface area contributed by atoms with Crippen LogP contribution in [-0.4, -0.2) is 28.6 Å². The summed E-state index contributed by atoms with van der Waals surface area (Å²) in [6.07, 6.45) is 5.20. The minimum absolute atomic E-state index is 0.0679. The van der Waals surface area contributed by atoms with E-state index in [0.717, 1.165) is 33.8 Å². The van der Waals surface area contributed by atoms with Gasteiger partial charge in [-0.25, -0.2) is 4.98 Å². The minimum Gasteiger partial charge on any atom is -0.490 e. The Hall–Kier alpha value is -2.19. The van der Waals surface area contributed by atoms with Crippen LogP contribution in [0.25, 0.3) is 10.9 Å². The normalized spacial score (nSPS) is 12.4. The molecule has 8 heteroatoms. The van der Waals surface area contributed by atoms with Gasteiger partial charge in [-0.1, -0.05) is 36.2 Å². The number of nitrogens with zero attached hydrogens (tertiary/aromatic N) is 3. The van der Waals surface area contributed by atoms with Gasteiger partial charge in [0.25, 0.3) is 5.56 Å². The fourth-order valence-electron chi connectivity index (χ4n) is 3.24. The number of benzene rings is 2. The van der Waals surface area contributed by atoms with Gasteiger partial charge in [0.2, 0.25) is 0 Å². The van der Waals surface area contributed by atoms with Crippen LogP contribution >= 0.6 is 31.9 Å². The quantitative estimate of drug-likeness (QED) is 0.250. The summed E-state index contributed by atoms with van der Waals surface area (Å²) < 4.78 is 14.9. The maximum atomic E-state index is 13.3. The predicted molar refractivity (Wildman–Crippen MR) is 141 cm³/mol. The second-order valence-corrected chi connectivity index (χ2v) is 9.51. The molecule has 0 fully saturated rings. The topological polar surface area (TPSA) is 65.7 Å². The summed E-state index contributed by atoms with van der Waals surface area (Å²) in [4.78, 5) is 18.0. The molecule has 0 aliphatic heterocycles. The molecule has 2 aromatic carbocycles. The molecule has 0 bridgehead atoms. The van der Waals surface area contributed by atoms with Crippen molar-refractivity contribution in [3.8, 4) is 11.5 Å². The Labute approximate surface area is 211 Å². The number of ether oxygens (including phenoxy) is 2. The van der Waals surface area contributed by atoms with Crippen molar-refractivity contribution in [3.05, 3.63) is 61.0 Å². The van der Waals surface area contributed by atoms with E-state index in [9.17, 15) is 4.79 Å². The van der Waals surface area contributed by atoms with Crippen LogP contribution in [0.5, 0.6) is 11.5 Å². The Balaban J connectivity index is 2.07. The third kappa shape index (κ3) is 6.23. The third-order valence-electron chi connectivity index (χ3n) is 5.21. The third-order valence-corrected chi connectivity index (χ3v) is 6.39. The first kappa shape index (κ1) is 25.4. The van der Waals surface area contributed by atoms with E-state index in [-0.39, 0.29) is 11.7 Å². The van der Waals surface area contributed by atoms with Crippen LogP contribution in [0.15, 0.2) is 49.2 Å². The summed E-state index contributed by atoms with van der Waals surface area (Å²) in [6.45, 7) is 8.65. The van der Waals surface area contributed by atoms with Crippen molar-refractivity contribution in [1.82, 2.24) is 9.66 Å². The number of fused-ring (bicyclic) bond motifs is 1. The highest BCUT2D eigenvalue weighted by atomic mass is 79.9. The van der Waals surface area contributed by atoms with Crippen molar-refractivity contribution in [2.24, 2.45) is 5.10 Å². The Morgan fingerprint density at radius 2 is 1.94 bits per heavy atom. The molecule has 176 valence electrons. The van der Waals surface area contributed by atoms with Crippen molar-refractivity contribution in [2.45, 2.75) is 59.5 Å². The number of aromatic nitrogens is 2. The first-order valence-corrected chi connectivity index (χ1v) is 12.8. The highest BCUT2D eigenvalue weighted by Crippen LogP contribution is 2.34. The minimum atomic E-state index is -0.193. The van der Waals surface area contributed by atoms with Crippen LogP contribution < -0.4 is 15.0 Å². The van der Waals surface area contributed by atoms with Gasteiger partial charge in [-0.15, -0.1) is 0 Å². The van der Waals surface area contributed by atoms with Crippen molar-refractivity contribution in [3.63, 3.8) is 0 Å². The molecule has 0 aliphatic rings. The zero-order chi connectivity index (χ0) is 24.0. The SMILES string of the molecule is CCCCc1nc2ccc(Br)cc2c(=O)n1N=Cc1cc(OCC)c(O[C@@H](C)CC)cc1Br. The van der Waals surface area contributed by atoms with Gasteiger partial charge in [0.15, 0.2) is 11.5 Å². The average Bonchev–Trinajstić information content (AvgIpc) is 2.80. The van der Waals surface area contributed by atoms with Gasteiger partial charge >= 0.3 is 0 Å². The maximum absolute atomic E-state index is 13.3. The zero-order valence-corrected chi connectivity index (χ0v) is 22.6. The number of halogens is 2. The van der Waals surface area contributed by atoms with Gasteiger partial charge in [0.1, 0.15) is 5.82 Å². The standard InChI is InChI=1S/C25H29Br2N3O3/c1-5-8-9-24-29-21-11-10-18(26)13-19(21)25(31)30(24)28-15-17-12-22(32-7-3)23(14-20(17)27)33-16(4)6-2/h10-16H,5-9H2,1-4H3/t16-/m0/s1. The van der Waals surface area contributed by atoms with Gasteiger partial charge < -0.3 is 9.47 Å².